The molecule has 8 aromatic rings. The lowest BCUT2D eigenvalue weighted by atomic mass is 9.92. The van der Waals surface area contributed by atoms with Crippen molar-refractivity contribution in [2.24, 2.45) is 0 Å². The second-order valence-corrected chi connectivity index (χ2v) is 21.0. The number of hydrogen-bond donors (Lipinski definition) is 9. The number of amides is 8. The van der Waals surface area contributed by atoms with Gasteiger partial charge in [-0.3, -0.25) is 26.4 Å². The molecule has 21 nitrogen and oxygen atoms in total. The normalized spacial score (nSPS) is 11.1. The minimum Gasteiger partial charge on any atom is -0.407 e. The quantitative estimate of drug-likeness (QED) is 0.0687. The molecular weight excluding hydrogens is 969 g/mol. The number of hydrogen-bond acceptors (Lipinski definition) is 12. The van der Waals surface area contributed by atoms with E-state index in [4.69, 9.17) is 13.5 Å². The molecule has 8 rings (SSSR count). The van der Waals surface area contributed by atoms with E-state index in [-0.39, 0.29) is 45.8 Å². The van der Waals surface area contributed by atoms with Crippen molar-refractivity contribution < 1.29 is 32.6 Å². The summed E-state index contributed by atoms with van der Waals surface area (Å²) in [6, 6.07) is 40.7. The highest BCUT2D eigenvalue weighted by atomic mass is 16.5. The first-order valence-corrected chi connectivity index (χ1v) is 24.2. The van der Waals surface area contributed by atoms with Crippen LogP contribution >= 0.6 is 0 Å². The Morgan fingerprint density at radius 3 is 1.22 bits per heavy atom. The van der Waals surface area contributed by atoms with Crippen molar-refractivity contribution in [1.82, 2.24) is 30.7 Å². The summed E-state index contributed by atoms with van der Waals surface area (Å²) in [5, 5.41) is 43.6. The molecule has 21 heteroatoms. The van der Waals surface area contributed by atoms with Crippen molar-refractivity contribution in [3.05, 3.63) is 163 Å². The average molecular weight is 1040 g/mol. The largest absolute Gasteiger partial charge is 0.407 e. The van der Waals surface area contributed by atoms with Gasteiger partial charge in [0, 0.05) is 68.3 Å². The number of para-hydroxylation sites is 4. The maximum Gasteiger partial charge on any atom is 0.327 e. The van der Waals surface area contributed by atoms with Crippen LogP contribution in [0.5, 0.6) is 0 Å². The van der Waals surface area contributed by atoms with Gasteiger partial charge in [0.1, 0.15) is 5.76 Å². The van der Waals surface area contributed by atoms with E-state index in [9.17, 15) is 19.2 Å². The summed E-state index contributed by atoms with van der Waals surface area (Å²) in [7, 11) is 0. The number of nitrogens with one attached hydrogen (secondary N) is 9. The first-order chi connectivity index (χ1) is 35.8. The van der Waals surface area contributed by atoms with E-state index in [1.807, 2.05) is 165 Å². The van der Waals surface area contributed by atoms with Crippen molar-refractivity contribution in [2.75, 3.05) is 42.5 Å². The Kier molecular flexibility index (Phi) is 19.8. The molecule has 0 aliphatic carbocycles. The highest BCUT2D eigenvalue weighted by molar-refractivity contribution is 6.00. The summed E-state index contributed by atoms with van der Waals surface area (Å²) in [5.41, 5.74) is 4.12. The molecule has 4 aromatic carbocycles. The van der Waals surface area contributed by atoms with Crippen LogP contribution in [0.15, 0.2) is 153 Å². The van der Waals surface area contributed by atoms with Gasteiger partial charge in [0.05, 0.1) is 5.69 Å². The van der Waals surface area contributed by atoms with Crippen molar-refractivity contribution in [1.29, 1.82) is 0 Å². The Balaban J connectivity index is 0.000000187. The topological polar surface area (TPSA) is 284 Å². The predicted molar refractivity (Wildman–Crippen MR) is 297 cm³/mol. The molecule has 0 saturated heterocycles. The molecule has 0 bridgehead atoms. The molecule has 0 aliphatic heterocycles. The van der Waals surface area contributed by atoms with Gasteiger partial charge in [-0.15, -0.1) is 5.10 Å². The summed E-state index contributed by atoms with van der Waals surface area (Å²) < 4.78 is 15.6. The third-order valence-corrected chi connectivity index (χ3v) is 10.0. The predicted octanol–water partition coefficient (Wildman–Crippen LogP) is 13.6. The zero-order valence-corrected chi connectivity index (χ0v) is 44.9. The first kappa shape index (κ1) is 57.6. The summed E-state index contributed by atoms with van der Waals surface area (Å²) in [6.07, 6.45) is 0. The number of anilines is 8. The van der Waals surface area contributed by atoms with Crippen LogP contribution in [0.2, 0.25) is 0 Å². The molecule has 0 spiro atoms. The minimum absolute atomic E-state index is 0.0250. The second-order valence-electron chi connectivity index (χ2n) is 21.0. The highest BCUT2D eigenvalue weighted by Crippen LogP contribution is 2.26. The van der Waals surface area contributed by atoms with Crippen molar-refractivity contribution in [3.8, 4) is 0 Å². The van der Waals surface area contributed by atoms with Gasteiger partial charge in [-0.2, -0.15) is 5.10 Å². The van der Waals surface area contributed by atoms with Crippen LogP contribution < -0.4 is 42.5 Å². The number of H-pyrrole nitrogens is 1. The molecule has 0 unspecified atom stereocenters. The minimum atomic E-state index is -0.421. The summed E-state index contributed by atoms with van der Waals surface area (Å²) in [5.74, 6) is 2.44. The number of aromatic nitrogens is 6. The zero-order chi connectivity index (χ0) is 55.5. The third kappa shape index (κ3) is 20.0. The van der Waals surface area contributed by atoms with Crippen molar-refractivity contribution in [3.63, 3.8) is 0 Å². The van der Waals surface area contributed by atoms with Gasteiger partial charge in [-0.05, 0) is 48.5 Å². The molecule has 9 N–H and O–H groups in total. The van der Waals surface area contributed by atoms with Gasteiger partial charge in [-0.1, -0.05) is 171 Å². The Morgan fingerprint density at radius 2 is 0.855 bits per heavy atom. The number of benzene rings is 4. The van der Waals surface area contributed by atoms with Gasteiger partial charge >= 0.3 is 30.1 Å². The van der Waals surface area contributed by atoms with E-state index in [2.05, 4.69) is 94.0 Å². The number of carbonyl (C=O) groups is 4. The van der Waals surface area contributed by atoms with Gasteiger partial charge in [0.15, 0.2) is 11.6 Å². The third-order valence-electron chi connectivity index (χ3n) is 10.0. The lowest BCUT2D eigenvalue weighted by molar-refractivity contribution is 0.260. The monoisotopic (exact) mass is 1040 g/mol. The van der Waals surface area contributed by atoms with E-state index in [1.165, 1.54) is 0 Å². The smallest absolute Gasteiger partial charge is 0.327 e. The van der Waals surface area contributed by atoms with E-state index >= 15 is 0 Å². The van der Waals surface area contributed by atoms with E-state index in [0.717, 1.165) is 34.2 Å². The fraction of sp³-hybridized carbons (Fsp3) is 0.291. The molecule has 76 heavy (non-hydrogen) atoms. The molecule has 4 aromatic heterocycles. The number of nitrogens with zero attached hydrogens (tertiary/aromatic N) is 5. The number of carbonyl (C=O) groups excluding carboxylic acids is 4. The molecule has 0 aliphatic rings. The van der Waals surface area contributed by atoms with Crippen molar-refractivity contribution in [2.45, 2.75) is 105 Å². The average Bonchev–Trinajstić information content (AvgIpc) is 4.20. The summed E-state index contributed by atoms with van der Waals surface area (Å²) in [4.78, 5) is 46.9. The Labute approximate surface area is 442 Å². The standard InChI is InChI=1S/C14H18N4O.2C14H17N3O2.C13H16N4O2/c1-14(2,3)11-9-12(18-17-11)16-13(19)15-10-7-5-4-6-8-10;1-14(2,3)11-9-12(17-19-11)16-13(18)15-10-7-5-4-6-8-10;1-14(2,3)11-9-12(19-17-11)16-13(18)15-10-7-5-4-6-8-10;1-13(2,3)10-16-17-12(19-10)15-11(18)14-9-7-5-4-6-8-9/h4-9H,1-3H3,(H3,15,16,17,18,19);4-9H,1-3H3,(H2,15,16,17,18);4-9H,1-3H3,(H2,15,16,18);4-8H,1-3H3,(H2,14,15,17,18). The molecular formula is C55H68N14O7. The number of rotatable bonds is 8. The molecule has 400 valence electrons. The second kappa shape index (κ2) is 26.1. The fourth-order valence-corrected chi connectivity index (χ4v) is 5.90. The van der Waals surface area contributed by atoms with Crippen LogP contribution in [0.4, 0.5) is 65.5 Å². The SMILES string of the molecule is CC(C)(C)c1cc(NC(=O)Nc2ccccc2)n[nH]1.CC(C)(C)c1cc(NC(=O)Nc2ccccc2)no1.CC(C)(C)c1cc(NC(=O)Nc2ccccc2)on1.CC(C)(C)c1nnc(NC(=O)Nc2ccccc2)o1. The van der Waals surface area contributed by atoms with Crippen molar-refractivity contribution >= 4 is 70.4 Å². The van der Waals surface area contributed by atoms with Crippen LogP contribution in [-0.4, -0.2) is 54.8 Å². The van der Waals surface area contributed by atoms with Gasteiger partial charge in [0.2, 0.25) is 11.8 Å². The van der Waals surface area contributed by atoms with Crippen LogP contribution in [0, 0.1) is 0 Å². The summed E-state index contributed by atoms with van der Waals surface area (Å²) >= 11 is 0. The molecule has 0 fully saturated rings. The van der Waals surface area contributed by atoms with E-state index < -0.39 is 6.03 Å². The lowest BCUT2D eigenvalue weighted by Crippen LogP contribution is -2.19. The van der Waals surface area contributed by atoms with E-state index in [1.54, 1.807) is 36.4 Å². The van der Waals surface area contributed by atoms with Crippen LogP contribution in [-0.2, 0) is 21.7 Å². The van der Waals surface area contributed by atoms with Crippen LogP contribution in [0.3, 0.4) is 0 Å². The number of urea groups is 4. The van der Waals surface area contributed by atoms with Gasteiger partial charge in [0.25, 0.3) is 0 Å². The molecule has 0 saturated carbocycles. The molecule has 0 atom stereocenters. The zero-order valence-electron chi connectivity index (χ0n) is 44.9. The van der Waals surface area contributed by atoms with Crippen LogP contribution in [0.25, 0.3) is 0 Å². The van der Waals surface area contributed by atoms with Crippen LogP contribution in [0.1, 0.15) is 106 Å². The maximum absolute atomic E-state index is 11.8. The number of aromatic amines is 1. The first-order valence-electron chi connectivity index (χ1n) is 24.2. The highest BCUT2D eigenvalue weighted by Gasteiger charge is 2.23. The van der Waals surface area contributed by atoms with Gasteiger partial charge in [-0.25, -0.2) is 19.2 Å². The summed E-state index contributed by atoms with van der Waals surface area (Å²) in [6.45, 7) is 24.2. The Hall–Kier alpha value is -9.27. The van der Waals surface area contributed by atoms with Gasteiger partial charge < -0.3 is 34.7 Å². The Morgan fingerprint density at radius 1 is 0.421 bits per heavy atom. The maximum atomic E-state index is 11.8. The molecule has 4 heterocycles. The molecule has 8 amide bonds. The molecule has 0 radical (unpaired) electrons. The fourth-order valence-electron chi connectivity index (χ4n) is 5.90. The van der Waals surface area contributed by atoms with E-state index in [0.29, 0.717) is 29.1 Å². The Bertz CT molecular complexity index is 2640. The lowest BCUT2D eigenvalue weighted by Gasteiger charge is -2.14.